The Hall–Kier alpha value is -1.71. The number of rotatable bonds is 9. The van der Waals surface area contributed by atoms with Crippen molar-refractivity contribution in [3.63, 3.8) is 0 Å². The molecule has 30 heavy (non-hydrogen) atoms. The van der Waals surface area contributed by atoms with Gasteiger partial charge in [0.15, 0.2) is 0 Å². The summed E-state index contributed by atoms with van der Waals surface area (Å²) < 4.78 is 28.9. The summed E-state index contributed by atoms with van der Waals surface area (Å²) in [5, 5.41) is 3.49. The van der Waals surface area contributed by atoms with Crippen molar-refractivity contribution in [2.24, 2.45) is 0 Å². The van der Waals surface area contributed by atoms with E-state index in [0.717, 1.165) is 22.5 Å². The van der Waals surface area contributed by atoms with Gasteiger partial charge in [-0.1, -0.05) is 54.1 Å². The first-order valence-electron chi connectivity index (χ1n) is 9.17. The van der Waals surface area contributed by atoms with Crippen molar-refractivity contribution in [3.05, 3.63) is 86.7 Å². The van der Waals surface area contributed by atoms with Crippen LogP contribution in [0.15, 0.2) is 74.7 Å². The lowest BCUT2D eigenvalue weighted by Gasteiger charge is -2.18. The minimum atomic E-state index is -3.82. The number of amides is 1. The number of thiophene rings is 1. The molecule has 0 saturated carbocycles. The highest BCUT2D eigenvalue weighted by molar-refractivity contribution is 9.11. The summed E-state index contributed by atoms with van der Waals surface area (Å²) in [6, 6.07) is 18.9. The summed E-state index contributed by atoms with van der Waals surface area (Å²) >= 11 is 10.3. The highest BCUT2D eigenvalue weighted by atomic mass is 79.9. The van der Waals surface area contributed by atoms with E-state index < -0.39 is 16.1 Å². The first-order valence-corrected chi connectivity index (χ1v) is 12.6. The third kappa shape index (κ3) is 6.65. The van der Waals surface area contributed by atoms with Crippen molar-refractivity contribution in [1.29, 1.82) is 0 Å². The first-order chi connectivity index (χ1) is 14.3. The van der Waals surface area contributed by atoms with Gasteiger partial charge in [0.1, 0.15) is 10.3 Å². The number of carbonyl (C=O) groups excluding carboxylic acids is 1. The Kier molecular flexibility index (Phi) is 8.07. The summed E-state index contributed by atoms with van der Waals surface area (Å²) in [6.45, 7) is 0.387. The van der Waals surface area contributed by atoms with Gasteiger partial charge in [-0.3, -0.25) is 4.79 Å². The van der Waals surface area contributed by atoms with E-state index in [4.69, 9.17) is 11.6 Å². The molecular formula is C21H20BrClN2O3S2. The van der Waals surface area contributed by atoms with E-state index >= 15 is 0 Å². The van der Waals surface area contributed by atoms with Crippen molar-refractivity contribution in [2.75, 3.05) is 6.54 Å². The van der Waals surface area contributed by atoms with Crippen LogP contribution >= 0.6 is 38.9 Å². The van der Waals surface area contributed by atoms with E-state index in [9.17, 15) is 13.2 Å². The number of carbonyl (C=O) groups is 1. The van der Waals surface area contributed by atoms with Crippen molar-refractivity contribution in [2.45, 2.75) is 23.1 Å². The molecule has 0 spiro atoms. The molecule has 0 radical (unpaired) electrons. The van der Waals surface area contributed by atoms with Crippen LogP contribution in [-0.4, -0.2) is 26.9 Å². The Labute approximate surface area is 193 Å². The zero-order valence-electron chi connectivity index (χ0n) is 15.8. The average Bonchev–Trinajstić information content (AvgIpc) is 3.17. The second kappa shape index (κ2) is 10.5. The molecule has 0 aliphatic heterocycles. The van der Waals surface area contributed by atoms with Crippen LogP contribution in [0, 0.1) is 0 Å². The minimum absolute atomic E-state index is 0.154. The monoisotopic (exact) mass is 526 g/mol. The number of halogens is 2. The van der Waals surface area contributed by atoms with Crippen LogP contribution in [0.5, 0.6) is 0 Å². The standard InChI is InChI=1S/C21H20BrClN2O3S2/c22-19-10-11-20(29-19)30(27,28)25-18(14-16-4-2-1-3-5-16)21(26)24-13-12-15-6-8-17(23)9-7-15/h1-11,18,25H,12-14H2,(H,24,26). The van der Waals surface area contributed by atoms with Gasteiger partial charge in [-0.15, -0.1) is 11.3 Å². The molecule has 2 aromatic carbocycles. The van der Waals surface area contributed by atoms with Gasteiger partial charge in [0, 0.05) is 11.6 Å². The Morgan fingerprint density at radius 1 is 1.00 bits per heavy atom. The molecular weight excluding hydrogens is 508 g/mol. The Bertz CT molecular complexity index is 1090. The van der Waals surface area contributed by atoms with E-state index in [1.54, 1.807) is 18.2 Å². The molecule has 0 saturated heterocycles. The third-order valence-electron chi connectivity index (χ3n) is 4.34. The van der Waals surface area contributed by atoms with Gasteiger partial charge in [0.05, 0.1) is 3.79 Å². The van der Waals surface area contributed by atoms with Crippen LogP contribution < -0.4 is 10.0 Å². The van der Waals surface area contributed by atoms with E-state index in [2.05, 4.69) is 26.0 Å². The minimum Gasteiger partial charge on any atom is -0.354 e. The van der Waals surface area contributed by atoms with Gasteiger partial charge >= 0.3 is 0 Å². The normalized spacial score (nSPS) is 12.5. The molecule has 5 nitrogen and oxygen atoms in total. The summed E-state index contributed by atoms with van der Waals surface area (Å²) in [4.78, 5) is 12.8. The fraction of sp³-hybridized carbons (Fsp3) is 0.190. The number of hydrogen-bond donors (Lipinski definition) is 2. The largest absolute Gasteiger partial charge is 0.354 e. The van der Waals surface area contributed by atoms with Crippen LogP contribution in [-0.2, 0) is 27.7 Å². The maximum Gasteiger partial charge on any atom is 0.250 e. The van der Waals surface area contributed by atoms with Crippen LogP contribution in [0.4, 0.5) is 0 Å². The lowest BCUT2D eigenvalue weighted by atomic mass is 10.1. The zero-order chi connectivity index (χ0) is 21.6. The summed E-state index contributed by atoms with van der Waals surface area (Å²) in [6.07, 6.45) is 0.866. The molecule has 3 aromatic rings. The van der Waals surface area contributed by atoms with Crippen LogP contribution in [0.3, 0.4) is 0 Å². The van der Waals surface area contributed by atoms with Gasteiger partial charge in [0.2, 0.25) is 5.91 Å². The first kappa shape index (κ1) is 23.0. The highest BCUT2D eigenvalue weighted by Gasteiger charge is 2.27. The SMILES string of the molecule is O=C(NCCc1ccc(Cl)cc1)C(Cc1ccccc1)NS(=O)(=O)c1ccc(Br)s1. The van der Waals surface area contributed by atoms with Gasteiger partial charge in [-0.2, -0.15) is 4.72 Å². The molecule has 1 aromatic heterocycles. The summed E-state index contributed by atoms with van der Waals surface area (Å²) in [5.41, 5.74) is 1.90. The van der Waals surface area contributed by atoms with Crippen LogP contribution in [0.2, 0.25) is 5.02 Å². The number of nitrogens with one attached hydrogen (secondary N) is 2. The van der Waals surface area contributed by atoms with Crippen LogP contribution in [0.1, 0.15) is 11.1 Å². The third-order valence-corrected chi connectivity index (χ3v) is 8.18. The molecule has 1 amide bonds. The number of sulfonamides is 1. The van der Waals surface area contributed by atoms with E-state index in [0.29, 0.717) is 21.8 Å². The van der Waals surface area contributed by atoms with Crippen molar-refractivity contribution < 1.29 is 13.2 Å². The van der Waals surface area contributed by atoms with Crippen molar-refractivity contribution in [1.82, 2.24) is 10.0 Å². The summed E-state index contributed by atoms with van der Waals surface area (Å²) in [7, 11) is -3.82. The van der Waals surface area contributed by atoms with E-state index in [1.165, 1.54) is 6.07 Å². The molecule has 9 heteroatoms. The number of hydrogen-bond acceptors (Lipinski definition) is 4. The molecule has 0 fully saturated rings. The van der Waals surface area contributed by atoms with Crippen molar-refractivity contribution >= 4 is 54.8 Å². The molecule has 0 bridgehead atoms. The molecule has 158 valence electrons. The van der Waals surface area contributed by atoms with Gasteiger partial charge in [0.25, 0.3) is 10.0 Å². The molecule has 1 heterocycles. The molecule has 0 aliphatic rings. The van der Waals surface area contributed by atoms with E-state index in [1.807, 2.05) is 42.5 Å². The Balaban J connectivity index is 1.69. The topological polar surface area (TPSA) is 75.3 Å². The second-order valence-electron chi connectivity index (χ2n) is 6.59. The fourth-order valence-corrected chi connectivity index (χ4v) is 6.18. The predicted molar refractivity (Wildman–Crippen MR) is 124 cm³/mol. The van der Waals surface area contributed by atoms with Gasteiger partial charge < -0.3 is 5.32 Å². The van der Waals surface area contributed by atoms with Crippen molar-refractivity contribution in [3.8, 4) is 0 Å². The fourth-order valence-electron chi connectivity index (χ4n) is 2.83. The molecule has 3 rings (SSSR count). The average molecular weight is 528 g/mol. The lowest BCUT2D eigenvalue weighted by molar-refractivity contribution is -0.122. The lowest BCUT2D eigenvalue weighted by Crippen LogP contribution is -2.48. The maximum absolute atomic E-state index is 12.8. The van der Waals surface area contributed by atoms with Gasteiger partial charge in [-0.25, -0.2) is 8.42 Å². The van der Waals surface area contributed by atoms with E-state index in [-0.39, 0.29) is 16.5 Å². The second-order valence-corrected chi connectivity index (χ2v) is 11.4. The molecule has 2 N–H and O–H groups in total. The quantitative estimate of drug-likeness (QED) is 0.433. The highest BCUT2D eigenvalue weighted by Crippen LogP contribution is 2.26. The smallest absolute Gasteiger partial charge is 0.250 e. The zero-order valence-corrected chi connectivity index (χ0v) is 19.8. The Morgan fingerprint density at radius 2 is 1.70 bits per heavy atom. The predicted octanol–water partition coefficient (Wildman–Crippen LogP) is 4.41. The van der Waals surface area contributed by atoms with Crippen LogP contribution in [0.25, 0.3) is 0 Å². The van der Waals surface area contributed by atoms with Gasteiger partial charge in [-0.05, 0) is 64.2 Å². The molecule has 1 atom stereocenters. The number of benzene rings is 2. The Morgan fingerprint density at radius 3 is 2.33 bits per heavy atom. The maximum atomic E-state index is 12.8. The molecule has 0 aliphatic carbocycles. The summed E-state index contributed by atoms with van der Waals surface area (Å²) in [5.74, 6) is -0.369. The molecule has 1 unspecified atom stereocenters.